The quantitative estimate of drug-likeness (QED) is 0.710. The van der Waals surface area contributed by atoms with Crippen molar-refractivity contribution in [2.24, 2.45) is 0 Å². The highest BCUT2D eigenvalue weighted by molar-refractivity contribution is 5.18. The minimum atomic E-state index is 0.500. The van der Waals surface area contributed by atoms with Crippen LogP contribution in [0.2, 0.25) is 0 Å². The Morgan fingerprint density at radius 1 is 1.33 bits per heavy atom. The molecule has 0 saturated carbocycles. The largest absolute Gasteiger partial charge is 0.253 e. The molecule has 1 aliphatic rings. The van der Waals surface area contributed by atoms with E-state index in [0.717, 1.165) is 13.1 Å². The van der Waals surface area contributed by atoms with Crippen molar-refractivity contribution in [2.45, 2.75) is 13.0 Å². The van der Waals surface area contributed by atoms with Gasteiger partial charge in [0, 0.05) is 19.1 Å². The minimum absolute atomic E-state index is 0.500. The van der Waals surface area contributed by atoms with E-state index in [-0.39, 0.29) is 0 Å². The van der Waals surface area contributed by atoms with Gasteiger partial charge in [0.15, 0.2) is 0 Å². The van der Waals surface area contributed by atoms with E-state index in [4.69, 9.17) is 0 Å². The normalized spacial score (nSPS) is 20.1. The van der Waals surface area contributed by atoms with E-state index in [1.165, 1.54) is 5.56 Å². The molecule has 0 aromatic heterocycles. The Bertz CT molecular complexity index is 241. The summed E-state index contributed by atoms with van der Waals surface area (Å²) in [4.78, 5) is 0. The highest BCUT2D eigenvalue weighted by atomic mass is 15.6. The predicted octanol–water partition coefficient (Wildman–Crippen LogP) is 1.57. The van der Waals surface area contributed by atoms with Crippen LogP contribution in [0.1, 0.15) is 18.5 Å². The molecule has 2 nitrogen and oxygen atoms in total. The molecule has 1 aliphatic heterocycles. The topological polar surface area (TPSA) is 15.3 Å². The van der Waals surface area contributed by atoms with Crippen LogP contribution in [0, 0.1) is 0 Å². The first-order valence-corrected chi connectivity index (χ1v) is 4.43. The zero-order chi connectivity index (χ0) is 8.39. The Morgan fingerprint density at radius 3 is 2.50 bits per heavy atom. The number of hydrazine groups is 1. The molecule has 0 spiro atoms. The third kappa shape index (κ3) is 1.36. The van der Waals surface area contributed by atoms with Gasteiger partial charge in [0.2, 0.25) is 0 Å². The second kappa shape index (κ2) is 3.25. The maximum atomic E-state index is 3.28. The highest BCUT2D eigenvalue weighted by Crippen LogP contribution is 2.19. The fourth-order valence-corrected chi connectivity index (χ4v) is 1.48. The molecule has 0 radical (unpaired) electrons. The lowest BCUT2D eigenvalue weighted by Crippen LogP contribution is -2.54. The summed E-state index contributed by atoms with van der Waals surface area (Å²) in [5, 5.41) is 2.26. The second-order valence-electron chi connectivity index (χ2n) is 3.19. The van der Waals surface area contributed by atoms with Gasteiger partial charge >= 0.3 is 0 Å². The first-order valence-electron chi connectivity index (χ1n) is 4.43. The summed E-state index contributed by atoms with van der Waals surface area (Å²) in [5.74, 6) is 0. The summed E-state index contributed by atoms with van der Waals surface area (Å²) in [7, 11) is 0. The molecule has 1 N–H and O–H groups in total. The van der Waals surface area contributed by atoms with E-state index in [2.05, 4.69) is 47.7 Å². The lowest BCUT2D eigenvalue weighted by Gasteiger charge is -2.37. The van der Waals surface area contributed by atoms with Crippen molar-refractivity contribution in [2.75, 3.05) is 13.1 Å². The summed E-state index contributed by atoms with van der Waals surface area (Å²) in [6.07, 6.45) is 0. The van der Waals surface area contributed by atoms with Gasteiger partial charge in [0.25, 0.3) is 0 Å². The molecule has 1 saturated heterocycles. The maximum Gasteiger partial charge on any atom is 0.0465 e. The first-order chi connectivity index (χ1) is 5.88. The Balaban J connectivity index is 2.08. The van der Waals surface area contributed by atoms with Gasteiger partial charge in [0.05, 0.1) is 0 Å². The third-order valence-electron chi connectivity index (χ3n) is 2.42. The van der Waals surface area contributed by atoms with Crippen LogP contribution in [0.3, 0.4) is 0 Å². The van der Waals surface area contributed by atoms with Crippen molar-refractivity contribution in [3.63, 3.8) is 0 Å². The summed E-state index contributed by atoms with van der Waals surface area (Å²) in [6, 6.07) is 11.1. The van der Waals surface area contributed by atoms with E-state index in [9.17, 15) is 0 Å². The molecular weight excluding hydrogens is 148 g/mol. The molecule has 2 heteroatoms. The molecule has 1 aromatic carbocycles. The smallest absolute Gasteiger partial charge is 0.0465 e. The molecule has 2 rings (SSSR count). The van der Waals surface area contributed by atoms with Crippen molar-refractivity contribution in [1.82, 2.24) is 10.4 Å². The van der Waals surface area contributed by atoms with Gasteiger partial charge in [-0.25, -0.2) is 5.01 Å². The standard InChI is InChI=1S/C10H14N2/c1-9(12-8-7-11-12)10-5-3-2-4-6-10/h2-6,9,11H,7-8H2,1H3. The third-order valence-corrected chi connectivity index (χ3v) is 2.42. The highest BCUT2D eigenvalue weighted by Gasteiger charge is 2.20. The van der Waals surface area contributed by atoms with Gasteiger partial charge in [-0.05, 0) is 12.5 Å². The van der Waals surface area contributed by atoms with Crippen molar-refractivity contribution in [1.29, 1.82) is 0 Å². The zero-order valence-corrected chi connectivity index (χ0v) is 7.33. The van der Waals surface area contributed by atoms with E-state index in [1.54, 1.807) is 0 Å². The summed E-state index contributed by atoms with van der Waals surface area (Å²) in [6.45, 7) is 4.51. The summed E-state index contributed by atoms with van der Waals surface area (Å²) in [5.41, 5.74) is 4.66. The molecule has 1 fully saturated rings. The molecule has 1 heterocycles. The lowest BCUT2D eigenvalue weighted by atomic mass is 10.1. The Labute approximate surface area is 73.2 Å². The Hall–Kier alpha value is -0.860. The van der Waals surface area contributed by atoms with Crippen molar-refractivity contribution < 1.29 is 0 Å². The predicted molar refractivity (Wildman–Crippen MR) is 49.6 cm³/mol. The lowest BCUT2D eigenvalue weighted by molar-refractivity contribution is 0.0557. The van der Waals surface area contributed by atoms with Gasteiger partial charge in [-0.1, -0.05) is 30.3 Å². The van der Waals surface area contributed by atoms with E-state index < -0.39 is 0 Å². The molecule has 64 valence electrons. The minimum Gasteiger partial charge on any atom is -0.253 e. The molecular formula is C10H14N2. The number of nitrogens with zero attached hydrogens (tertiary/aromatic N) is 1. The van der Waals surface area contributed by atoms with Crippen LogP contribution in [0.15, 0.2) is 30.3 Å². The van der Waals surface area contributed by atoms with Gasteiger partial charge in [-0.2, -0.15) is 0 Å². The van der Waals surface area contributed by atoms with E-state index in [1.807, 2.05) is 0 Å². The molecule has 0 aliphatic carbocycles. The van der Waals surface area contributed by atoms with Crippen LogP contribution < -0.4 is 5.43 Å². The van der Waals surface area contributed by atoms with Crippen molar-refractivity contribution >= 4 is 0 Å². The van der Waals surface area contributed by atoms with Crippen LogP contribution in [0.5, 0.6) is 0 Å². The number of benzene rings is 1. The molecule has 0 bridgehead atoms. The average molecular weight is 162 g/mol. The molecule has 12 heavy (non-hydrogen) atoms. The second-order valence-corrected chi connectivity index (χ2v) is 3.19. The van der Waals surface area contributed by atoms with Crippen LogP contribution in [-0.4, -0.2) is 18.1 Å². The van der Waals surface area contributed by atoms with Gasteiger partial charge in [0.1, 0.15) is 0 Å². The monoisotopic (exact) mass is 162 g/mol. The molecule has 1 aromatic rings. The van der Waals surface area contributed by atoms with Crippen LogP contribution >= 0.6 is 0 Å². The summed E-state index contributed by atoms with van der Waals surface area (Å²) >= 11 is 0. The SMILES string of the molecule is CC(c1ccccc1)N1CCN1. The van der Waals surface area contributed by atoms with Gasteiger partial charge in [-0.3, -0.25) is 5.43 Å². The van der Waals surface area contributed by atoms with Crippen molar-refractivity contribution in [3.05, 3.63) is 35.9 Å². The average Bonchev–Trinajstić information content (AvgIpc) is 2.03. The Kier molecular flexibility index (Phi) is 2.11. The van der Waals surface area contributed by atoms with E-state index >= 15 is 0 Å². The molecule has 1 atom stereocenters. The van der Waals surface area contributed by atoms with Gasteiger partial charge in [-0.15, -0.1) is 0 Å². The Morgan fingerprint density at radius 2 is 2.00 bits per heavy atom. The molecule has 0 amide bonds. The number of rotatable bonds is 2. The number of hydrogen-bond acceptors (Lipinski definition) is 2. The molecule has 1 unspecified atom stereocenters. The van der Waals surface area contributed by atoms with E-state index in [0.29, 0.717) is 6.04 Å². The number of nitrogens with one attached hydrogen (secondary N) is 1. The van der Waals surface area contributed by atoms with Crippen LogP contribution in [0.4, 0.5) is 0 Å². The zero-order valence-electron chi connectivity index (χ0n) is 7.33. The van der Waals surface area contributed by atoms with Crippen LogP contribution in [-0.2, 0) is 0 Å². The fourth-order valence-electron chi connectivity index (χ4n) is 1.48. The number of hydrogen-bond donors (Lipinski definition) is 1. The fraction of sp³-hybridized carbons (Fsp3) is 0.400. The maximum absolute atomic E-state index is 3.28. The summed E-state index contributed by atoms with van der Waals surface area (Å²) < 4.78 is 0. The van der Waals surface area contributed by atoms with Crippen LogP contribution in [0.25, 0.3) is 0 Å². The first kappa shape index (κ1) is 7.77. The van der Waals surface area contributed by atoms with Crippen molar-refractivity contribution in [3.8, 4) is 0 Å². The van der Waals surface area contributed by atoms with Gasteiger partial charge < -0.3 is 0 Å².